The summed E-state index contributed by atoms with van der Waals surface area (Å²) >= 11 is -3.31. The summed E-state index contributed by atoms with van der Waals surface area (Å²) in [5.74, 6) is -0.764. The van der Waals surface area contributed by atoms with Crippen LogP contribution in [0.2, 0.25) is 0 Å². The Labute approximate surface area is 111 Å². The fourth-order valence-corrected chi connectivity index (χ4v) is 2.46. The Morgan fingerprint density at radius 3 is 2.63 bits per heavy atom. The van der Waals surface area contributed by atoms with Crippen LogP contribution >= 0.6 is 0 Å². The number of hydrogen-bond donors (Lipinski definition) is 0. The summed E-state index contributed by atoms with van der Waals surface area (Å²) in [5, 5.41) is 0. The Kier molecular flexibility index (Phi) is 4.22. The van der Waals surface area contributed by atoms with Crippen molar-refractivity contribution in [2.75, 3.05) is 6.61 Å². The lowest BCUT2D eigenvalue weighted by Crippen LogP contribution is -2.39. The van der Waals surface area contributed by atoms with Gasteiger partial charge in [-0.05, 0) is 26.7 Å². The molecule has 0 aromatic carbocycles. The third-order valence-corrected chi connectivity index (χ3v) is 3.52. The lowest BCUT2D eigenvalue weighted by Gasteiger charge is -2.29. The zero-order chi connectivity index (χ0) is 14.3. The van der Waals surface area contributed by atoms with Crippen LogP contribution in [0.5, 0.6) is 0 Å². The monoisotopic (exact) mass is 304 g/mol. The molecule has 0 spiro atoms. The van der Waals surface area contributed by atoms with Crippen molar-refractivity contribution in [3.63, 3.8) is 0 Å². The SMILES string of the molecule is CC1(C)OC2CC[C@@H](COS(=O)C(F)(F)F)OC2O1. The molecule has 4 atom stereocenters. The minimum absolute atomic E-state index is 0.223. The van der Waals surface area contributed by atoms with Crippen molar-refractivity contribution < 1.29 is 35.8 Å². The molecule has 0 aliphatic carbocycles. The Morgan fingerprint density at radius 1 is 1.32 bits per heavy atom. The van der Waals surface area contributed by atoms with E-state index < -0.39 is 34.8 Å². The van der Waals surface area contributed by atoms with Crippen LogP contribution in [0.4, 0.5) is 13.2 Å². The van der Waals surface area contributed by atoms with Gasteiger partial charge in [-0.25, -0.2) is 4.21 Å². The quantitative estimate of drug-likeness (QED) is 0.796. The van der Waals surface area contributed by atoms with Crippen LogP contribution in [0.15, 0.2) is 0 Å². The van der Waals surface area contributed by atoms with E-state index in [4.69, 9.17) is 14.2 Å². The van der Waals surface area contributed by atoms with Crippen LogP contribution in [0.3, 0.4) is 0 Å². The van der Waals surface area contributed by atoms with E-state index in [1.807, 2.05) is 0 Å². The van der Waals surface area contributed by atoms with E-state index in [0.717, 1.165) is 0 Å². The van der Waals surface area contributed by atoms with Gasteiger partial charge in [0.1, 0.15) is 6.10 Å². The fourth-order valence-electron chi connectivity index (χ4n) is 2.05. The molecule has 5 nitrogen and oxygen atoms in total. The van der Waals surface area contributed by atoms with Crippen molar-refractivity contribution in [3.05, 3.63) is 0 Å². The predicted molar refractivity (Wildman–Crippen MR) is 58.1 cm³/mol. The van der Waals surface area contributed by atoms with Crippen LogP contribution in [0.25, 0.3) is 0 Å². The van der Waals surface area contributed by atoms with Gasteiger partial charge in [0.25, 0.3) is 11.1 Å². The molecule has 0 saturated carbocycles. The second kappa shape index (κ2) is 5.28. The lowest BCUT2D eigenvalue weighted by atomic mass is 10.1. The van der Waals surface area contributed by atoms with Crippen molar-refractivity contribution in [1.29, 1.82) is 0 Å². The van der Waals surface area contributed by atoms with E-state index in [1.165, 1.54) is 0 Å². The minimum atomic E-state index is -4.87. The molecule has 2 rings (SSSR count). The molecular weight excluding hydrogens is 289 g/mol. The highest BCUT2D eigenvalue weighted by Gasteiger charge is 2.46. The van der Waals surface area contributed by atoms with E-state index in [9.17, 15) is 17.4 Å². The molecule has 0 aromatic heterocycles. The van der Waals surface area contributed by atoms with Crippen molar-refractivity contribution in [2.24, 2.45) is 0 Å². The summed E-state index contributed by atoms with van der Waals surface area (Å²) < 4.78 is 67.4. The molecule has 2 saturated heterocycles. The van der Waals surface area contributed by atoms with Gasteiger partial charge < -0.3 is 14.2 Å². The summed E-state index contributed by atoms with van der Waals surface area (Å²) in [7, 11) is 0. The van der Waals surface area contributed by atoms with Gasteiger partial charge in [-0.2, -0.15) is 13.2 Å². The first-order valence-corrected chi connectivity index (χ1v) is 6.88. The average molecular weight is 304 g/mol. The van der Waals surface area contributed by atoms with Crippen molar-refractivity contribution >= 4 is 11.1 Å². The fraction of sp³-hybridized carbons (Fsp3) is 1.00. The molecule has 2 aliphatic rings. The number of alkyl halides is 3. The Bertz CT molecular complexity index is 360. The van der Waals surface area contributed by atoms with Crippen molar-refractivity contribution in [1.82, 2.24) is 0 Å². The Morgan fingerprint density at radius 2 is 2.00 bits per heavy atom. The number of hydrogen-bond acceptors (Lipinski definition) is 5. The molecule has 9 heteroatoms. The maximum atomic E-state index is 12.0. The molecule has 0 N–H and O–H groups in total. The van der Waals surface area contributed by atoms with E-state index in [2.05, 4.69) is 4.18 Å². The summed E-state index contributed by atoms with van der Waals surface area (Å²) in [6.45, 7) is 3.08. The summed E-state index contributed by atoms with van der Waals surface area (Å²) in [6.07, 6.45) is -0.350. The highest BCUT2D eigenvalue weighted by atomic mass is 32.2. The highest BCUT2D eigenvalue weighted by Crippen LogP contribution is 2.36. The number of rotatable bonds is 3. The molecule has 2 fully saturated rings. The van der Waals surface area contributed by atoms with Gasteiger partial charge >= 0.3 is 5.51 Å². The van der Waals surface area contributed by atoms with E-state index in [0.29, 0.717) is 12.8 Å². The van der Waals surface area contributed by atoms with Gasteiger partial charge in [0, 0.05) is 0 Å². The first kappa shape index (κ1) is 15.2. The van der Waals surface area contributed by atoms with Crippen LogP contribution in [0, 0.1) is 0 Å². The molecular formula is C10H15F3O5S. The summed E-state index contributed by atoms with van der Waals surface area (Å²) in [4.78, 5) is 0. The molecule has 0 amide bonds. The zero-order valence-corrected chi connectivity index (χ0v) is 11.3. The van der Waals surface area contributed by atoms with E-state index in [1.54, 1.807) is 13.8 Å². The van der Waals surface area contributed by atoms with Gasteiger partial charge in [-0.15, -0.1) is 0 Å². The third-order valence-electron chi connectivity index (χ3n) is 2.79. The largest absolute Gasteiger partial charge is 0.497 e. The van der Waals surface area contributed by atoms with E-state index in [-0.39, 0.29) is 12.7 Å². The van der Waals surface area contributed by atoms with Gasteiger partial charge in [0.05, 0.1) is 12.7 Å². The van der Waals surface area contributed by atoms with Gasteiger partial charge in [-0.3, -0.25) is 4.18 Å². The molecule has 112 valence electrons. The molecule has 2 aliphatic heterocycles. The minimum Gasteiger partial charge on any atom is -0.344 e. The molecule has 0 aromatic rings. The lowest BCUT2D eigenvalue weighted by molar-refractivity contribution is -0.213. The molecule has 19 heavy (non-hydrogen) atoms. The second-order valence-corrected chi connectivity index (χ2v) is 6.01. The zero-order valence-electron chi connectivity index (χ0n) is 10.4. The Balaban J connectivity index is 1.81. The molecule has 0 bridgehead atoms. The first-order chi connectivity index (χ1) is 8.67. The van der Waals surface area contributed by atoms with Gasteiger partial charge in [0.2, 0.25) is 0 Å². The van der Waals surface area contributed by atoms with Crippen LogP contribution < -0.4 is 0 Å². The summed E-state index contributed by atoms with van der Waals surface area (Å²) in [6, 6.07) is 0. The van der Waals surface area contributed by atoms with Crippen molar-refractivity contribution in [2.45, 2.75) is 56.5 Å². The smallest absolute Gasteiger partial charge is 0.344 e. The third kappa shape index (κ3) is 3.88. The highest BCUT2D eigenvalue weighted by molar-refractivity contribution is 7.81. The number of ether oxygens (including phenoxy) is 3. The maximum Gasteiger partial charge on any atom is 0.497 e. The number of halogens is 3. The number of fused-ring (bicyclic) bond motifs is 1. The van der Waals surface area contributed by atoms with Gasteiger partial charge in [0.15, 0.2) is 12.1 Å². The normalized spacial score (nSPS) is 35.9. The average Bonchev–Trinajstić information content (AvgIpc) is 2.57. The van der Waals surface area contributed by atoms with Crippen molar-refractivity contribution in [3.8, 4) is 0 Å². The Hall–Kier alpha value is -0.220. The second-order valence-electron chi connectivity index (χ2n) is 4.84. The van der Waals surface area contributed by atoms with E-state index >= 15 is 0 Å². The van der Waals surface area contributed by atoms with Crippen LogP contribution in [0.1, 0.15) is 26.7 Å². The molecule has 0 radical (unpaired) electrons. The molecule has 3 unspecified atom stereocenters. The molecule has 2 heterocycles. The summed E-state index contributed by atoms with van der Waals surface area (Å²) in [5.41, 5.74) is -4.87. The first-order valence-electron chi connectivity index (χ1n) is 5.80. The topological polar surface area (TPSA) is 54.0 Å². The van der Waals surface area contributed by atoms with Crippen LogP contribution in [-0.4, -0.2) is 40.6 Å². The standard InChI is InChI=1S/C10H15F3O5S/c1-9(2)17-7-4-3-6(16-8(7)18-9)5-15-19(14)10(11,12)13/h6-8H,3-5H2,1-2H3/t6-,7?,8?,19?/m0/s1. The predicted octanol–water partition coefficient (Wildman–Crippen LogP) is 1.84. The van der Waals surface area contributed by atoms with Crippen LogP contribution in [-0.2, 0) is 29.5 Å². The van der Waals surface area contributed by atoms with Gasteiger partial charge in [-0.1, -0.05) is 0 Å². The maximum absolute atomic E-state index is 12.0.